The molecule has 1 amide bonds. The molecule has 0 bridgehead atoms. The maximum atomic E-state index is 13.1. The minimum absolute atomic E-state index is 0.120. The summed E-state index contributed by atoms with van der Waals surface area (Å²) in [6.07, 6.45) is 3.26. The van der Waals surface area contributed by atoms with E-state index in [1.54, 1.807) is 54.7 Å². The maximum absolute atomic E-state index is 13.1. The lowest BCUT2D eigenvalue weighted by Gasteiger charge is -2.22. The van der Waals surface area contributed by atoms with Gasteiger partial charge in [0.1, 0.15) is 5.75 Å². The van der Waals surface area contributed by atoms with Crippen LogP contribution in [-0.4, -0.2) is 32.1 Å². The number of hydrogen-bond acceptors (Lipinski definition) is 5. The number of ether oxygens (including phenoxy) is 3. The van der Waals surface area contributed by atoms with Gasteiger partial charge in [-0.25, -0.2) is 0 Å². The molecule has 0 spiro atoms. The third-order valence-electron chi connectivity index (χ3n) is 4.67. The molecule has 1 aromatic heterocycles. The number of methoxy groups -OCH3 is 3. The highest BCUT2D eigenvalue weighted by atomic mass is 35.5. The fourth-order valence-electron chi connectivity index (χ4n) is 3.15. The molecule has 162 valence electrons. The van der Waals surface area contributed by atoms with Crippen LogP contribution in [0.4, 0.5) is 0 Å². The summed E-state index contributed by atoms with van der Waals surface area (Å²) < 4.78 is 16.1. The monoisotopic (exact) mass is 457 g/mol. The molecule has 1 heterocycles. The fraction of sp³-hybridized carbons (Fsp3) is 0.208. The van der Waals surface area contributed by atoms with E-state index in [1.165, 1.54) is 7.11 Å². The highest BCUT2D eigenvalue weighted by molar-refractivity contribution is 7.09. The largest absolute Gasteiger partial charge is 0.496 e. The molecule has 31 heavy (non-hydrogen) atoms. The van der Waals surface area contributed by atoms with Crippen molar-refractivity contribution in [2.24, 2.45) is 0 Å². The first-order valence-electron chi connectivity index (χ1n) is 9.58. The topological polar surface area (TPSA) is 48.0 Å². The summed E-state index contributed by atoms with van der Waals surface area (Å²) in [4.78, 5) is 16.0. The van der Waals surface area contributed by atoms with Crippen LogP contribution in [0, 0.1) is 0 Å². The lowest BCUT2D eigenvalue weighted by molar-refractivity contribution is -0.127. The second-order valence-corrected chi connectivity index (χ2v) is 8.10. The second kappa shape index (κ2) is 10.9. The van der Waals surface area contributed by atoms with Crippen molar-refractivity contribution < 1.29 is 19.0 Å². The zero-order valence-corrected chi connectivity index (χ0v) is 19.2. The Morgan fingerprint density at radius 1 is 1.00 bits per heavy atom. The summed E-state index contributed by atoms with van der Waals surface area (Å²) in [6, 6.07) is 15.2. The van der Waals surface area contributed by atoms with Crippen LogP contribution in [0.5, 0.6) is 17.2 Å². The Hall–Kier alpha value is -2.96. The number of nitrogens with zero attached hydrogens (tertiary/aromatic N) is 1. The van der Waals surface area contributed by atoms with Crippen LogP contribution in [0.15, 0.2) is 60.0 Å². The number of hydrogen-bond donors (Lipinski definition) is 0. The molecule has 0 aliphatic carbocycles. The van der Waals surface area contributed by atoms with E-state index >= 15 is 0 Å². The van der Waals surface area contributed by atoms with Crippen LogP contribution in [-0.2, 0) is 17.9 Å². The van der Waals surface area contributed by atoms with Crippen molar-refractivity contribution in [1.29, 1.82) is 0 Å². The standard InChI is InChI=1S/C24H24ClNO4S/c1-28-21-9-5-4-7-18(21)15-26(16-19-8-6-12-31-19)23(27)11-10-17-13-20(25)24(30-3)22(14-17)29-2/h4-14H,15-16H2,1-3H3/b11-10+. The zero-order valence-electron chi connectivity index (χ0n) is 17.6. The summed E-state index contributed by atoms with van der Waals surface area (Å²) in [6.45, 7) is 0.934. The summed E-state index contributed by atoms with van der Waals surface area (Å²) in [5.41, 5.74) is 1.68. The number of benzene rings is 2. The van der Waals surface area contributed by atoms with Crippen molar-refractivity contribution in [3.8, 4) is 17.2 Å². The molecule has 3 aromatic rings. The van der Waals surface area contributed by atoms with E-state index in [0.717, 1.165) is 21.8 Å². The van der Waals surface area contributed by atoms with Crippen LogP contribution in [0.3, 0.4) is 0 Å². The number of para-hydroxylation sites is 1. The van der Waals surface area contributed by atoms with Crippen LogP contribution in [0.25, 0.3) is 6.08 Å². The first-order valence-corrected chi connectivity index (χ1v) is 10.8. The van der Waals surface area contributed by atoms with E-state index in [9.17, 15) is 4.79 Å². The highest BCUT2D eigenvalue weighted by Gasteiger charge is 2.16. The van der Waals surface area contributed by atoms with E-state index in [0.29, 0.717) is 29.6 Å². The van der Waals surface area contributed by atoms with Gasteiger partial charge in [-0.05, 0) is 41.3 Å². The minimum atomic E-state index is -0.120. The lowest BCUT2D eigenvalue weighted by Crippen LogP contribution is -2.28. The normalized spacial score (nSPS) is 10.8. The molecular weight excluding hydrogens is 434 g/mol. The third kappa shape index (κ3) is 5.81. The number of halogens is 1. The van der Waals surface area contributed by atoms with E-state index in [4.69, 9.17) is 25.8 Å². The van der Waals surface area contributed by atoms with Gasteiger partial charge in [0.25, 0.3) is 0 Å². The molecule has 0 unspecified atom stereocenters. The molecule has 0 aliphatic heterocycles. The van der Waals surface area contributed by atoms with Crippen LogP contribution < -0.4 is 14.2 Å². The molecule has 0 saturated heterocycles. The minimum Gasteiger partial charge on any atom is -0.496 e. The zero-order chi connectivity index (χ0) is 22.2. The molecule has 0 atom stereocenters. The maximum Gasteiger partial charge on any atom is 0.247 e. The molecular formula is C24H24ClNO4S. The molecule has 0 radical (unpaired) electrons. The van der Waals surface area contributed by atoms with Gasteiger partial charge in [0.05, 0.1) is 32.9 Å². The first kappa shape index (κ1) is 22.7. The summed E-state index contributed by atoms with van der Waals surface area (Å²) >= 11 is 7.90. The van der Waals surface area contributed by atoms with Gasteiger partial charge in [0.15, 0.2) is 11.5 Å². The van der Waals surface area contributed by atoms with Crippen molar-refractivity contribution in [3.05, 3.63) is 81.0 Å². The van der Waals surface area contributed by atoms with Crippen molar-refractivity contribution >= 4 is 34.9 Å². The van der Waals surface area contributed by atoms with Crippen molar-refractivity contribution in [2.75, 3.05) is 21.3 Å². The van der Waals surface area contributed by atoms with Gasteiger partial charge >= 0.3 is 0 Å². The molecule has 5 nitrogen and oxygen atoms in total. The Kier molecular flexibility index (Phi) is 7.98. The predicted molar refractivity (Wildman–Crippen MR) is 125 cm³/mol. The predicted octanol–water partition coefficient (Wildman–Crippen LogP) is 5.67. The van der Waals surface area contributed by atoms with Crippen molar-refractivity contribution in [2.45, 2.75) is 13.1 Å². The Morgan fingerprint density at radius 3 is 2.45 bits per heavy atom. The molecule has 0 aliphatic rings. The Morgan fingerprint density at radius 2 is 1.77 bits per heavy atom. The van der Waals surface area contributed by atoms with Crippen LogP contribution in [0.2, 0.25) is 5.02 Å². The highest BCUT2D eigenvalue weighted by Crippen LogP contribution is 2.36. The average Bonchev–Trinajstić information content (AvgIpc) is 3.30. The number of carbonyl (C=O) groups excluding carboxylic acids is 1. The van der Waals surface area contributed by atoms with Gasteiger partial charge in [-0.3, -0.25) is 4.79 Å². The Bertz CT molecular complexity index is 1050. The molecule has 7 heteroatoms. The number of rotatable bonds is 9. The molecule has 0 fully saturated rings. The third-order valence-corrected chi connectivity index (χ3v) is 5.81. The van der Waals surface area contributed by atoms with Gasteiger partial charge < -0.3 is 19.1 Å². The van der Waals surface area contributed by atoms with Crippen molar-refractivity contribution in [1.82, 2.24) is 4.90 Å². The fourth-order valence-corrected chi connectivity index (χ4v) is 4.16. The quantitative estimate of drug-likeness (QED) is 0.388. The summed E-state index contributed by atoms with van der Waals surface area (Å²) in [5.74, 6) is 1.60. The van der Waals surface area contributed by atoms with Gasteiger partial charge in [-0.15, -0.1) is 11.3 Å². The summed E-state index contributed by atoms with van der Waals surface area (Å²) in [7, 11) is 4.71. The van der Waals surface area contributed by atoms with E-state index in [1.807, 2.05) is 41.8 Å². The molecule has 3 rings (SSSR count). The van der Waals surface area contributed by atoms with E-state index < -0.39 is 0 Å². The molecule has 0 saturated carbocycles. The number of carbonyl (C=O) groups is 1. The molecule has 2 aromatic carbocycles. The summed E-state index contributed by atoms with van der Waals surface area (Å²) in [5, 5.41) is 2.42. The van der Waals surface area contributed by atoms with Gasteiger partial charge in [-0.2, -0.15) is 0 Å². The number of amides is 1. The Labute approximate surface area is 191 Å². The van der Waals surface area contributed by atoms with Crippen molar-refractivity contribution in [3.63, 3.8) is 0 Å². The SMILES string of the molecule is COc1ccccc1CN(Cc1cccs1)C(=O)/C=C/c1cc(Cl)c(OC)c(OC)c1. The first-order chi connectivity index (χ1) is 15.0. The van der Waals surface area contributed by atoms with E-state index in [-0.39, 0.29) is 5.91 Å². The van der Waals surface area contributed by atoms with Gasteiger partial charge in [-0.1, -0.05) is 35.9 Å². The smallest absolute Gasteiger partial charge is 0.247 e. The van der Waals surface area contributed by atoms with Gasteiger partial charge in [0.2, 0.25) is 5.91 Å². The number of thiophene rings is 1. The van der Waals surface area contributed by atoms with E-state index in [2.05, 4.69) is 0 Å². The van der Waals surface area contributed by atoms with Gasteiger partial charge in [0, 0.05) is 23.1 Å². The Balaban J connectivity index is 1.85. The average molecular weight is 458 g/mol. The lowest BCUT2D eigenvalue weighted by atomic mass is 10.1. The molecule has 0 N–H and O–H groups in total. The second-order valence-electron chi connectivity index (χ2n) is 6.66. The van der Waals surface area contributed by atoms with Crippen LogP contribution in [0.1, 0.15) is 16.0 Å². The van der Waals surface area contributed by atoms with Crippen LogP contribution >= 0.6 is 22.9 Å².